The Morgan fingerprint density at radius 2 is 1.50 bits per heavy atom. The summed E-state index contributed by atoms with van der Waals surface area (Å²) in [7, 11) is 0. The van der Waals surface area contributed by atoms with Crippen LogP contribution in [-0.2, 0) is 11.3 Å². The number of benzene rings is 2. The van der Waals surface area contributed by atoms with Crippen LogP contribution < -0.4 is 15.1 Å². The standard InChI is InChI=1S/C22H29N3O/c1-18(21-11-7-4-8-12-21)23-22(26)19(2)25-15-13-24(14-16-25)17-20-9-5-3-6-10-20/h3-12,18-19H,13-17H2,1-2H3,(H,23,26)/p+2/t18-,19+/m1/s1. The smallest absolute Gasteiger partial charge is 0.278 e. The maximum Gasteiger partial charge on any atom is 0.278 e. The Morgan fingerprint density at radius 1 is 0.923 bits per heavy atom. The fraction of sp³-hybridized carbons (Fsp3) is 0.409. The van der Waals surface area contributed by atoms with Gasteiger partial charge in [-0.25, -0.2) is 0 Å². The molecule has 4 nitrogen and oxygen atoms in total. The summed E-state index contributed by atoms with van der Waals surface area (Å²) in [6.45, 7) is 9.54. The predicted octanol–water partition coefficient (Wildman–Crippen LogP) is 0.236. The van der Waals surface area contributed by atoms with E-state index in [9.17, 15) is 4.79 Å². The number of carbonyl (C=O) groups excluding carboxylic acids is 1. The van der Waals surface area contributed by atoms with Gasteiger partial charge in [-0.3, -0.25) is 4.79 Å². The topological polar surface area (TPSA) is 38.0 Å². The number of amides is 1. The summed E-state index contributed by atoms with van der Waals surface area (Å²) in [4.78, 5) is 15.7. The first-order valence-electron chi connectivity index (χ1n) is 9.71. The molecule has 26 heavy (non-hydrogen) atoms. The first-order chi connectivity index (χ1) is 12.6. The van der Waals surface area contributed by atoms with E-state index in [2.05, 4.69) is 61.6 Å². The third kappa shape index (κ3) is 4.93. The van der Waals surface area contributed by atoms with E-state index in [4.69, 9.17) is 0 Å². The van der Waals surface area contributed by atoms with Crippen molar-refractivity contribution in [2.24, 2.45) is 0 Å². The van der Waals surface area contributed by atoms with Gasteiger partial charge in [0.05, 0.1) is 6.04 Å². The Bertz CT molecular complexity index is 681. The highest BCUT2D eigenvalue weighted by atomic mass is 16.2. The van der Waals surface area contributed by atoms with Gasteiger partial charge in [0, 0.05) is 5.56 Å². The molecule has 0 saturated carbocycles. The molecule has 2 atom stereocenters. The van der Waals surface area contributed by atoms with Crippen molar-refractivity contribution in [3.05, 3.63) is 71.8 Å². The van der Waals surface area contributed by atoms with Gasteiger partial charge < -0.3 is 15.1 Å². The van der Waals surface area contributed by atoms with Gasteiger partial charge >= 0.3 is 0 Å². The fourth-order valence-corrected chi connectivity index (χ4v) is 3.77. The van der Waals surface area contributed by atoms with Crippen LogP contribution in [0.3, 0.4) is 0 Å². The van der Waals surface area contributed by atoms with Crippen molar-refractivity contribution in [2.75, 3.05) is 26.2 Å². The molecule has 1 aliphatic heterocycles. The molecule has 1 aliphatic rings. The van der Waals surface area contributed by atoms with Crippen molar-refractivity contribution in [3.8, 4) is 0 Å². The molecule has 0 aromatic heterocycles. The SMILES string of the molecule is C[C@@H](NC(=O)[C@H](C)[NH+]1CC[NH+](Cc2ccccc2)CC1)c1ccccc1. The molecule has 2 aromatic carbocycles. The van der Waals surface area contributed by atoms with Crippen molar-refractivity contribution < 1.29 is 14.6 Å². The molecule has 1 saturated heterocycles. The highest BCUT2D eigenvalue weighted by Crippen LogP contribution is 2.10. The highest BCUT2D eigenvalue weighted by Gasteiger charge is 2.31. The molecule has 1 heterocycles. The molecule has 0 aliphatic carbocycles. The molecular weight excluding hydrogens is 322 g/mol. The van der Waals surface area contributed by atoms with Crippen LogP contribution in [0.15, 0.2) is 60.7 Å². The Hall–Kier alpha value is -2.17. The Balaban J connectivity index is 1.47. The maximum absolute atomic E-state index is 12.7. The molecule has 1 amide bonds. The summed E-state index contributed by atoms with van der Waals surface area (Å²) >= 11 is 0. The number of carbonyl (C=O) groups is 1. The lowest BCUT2D eigenvalue weighted by atomic mass is 10.1. The van der Waals surface area contributed by atoms with Gasteiger partial charge in [0.25, 0.3) is 5.91 Å². The van der Waals surface area contributed by atoms with Crippen molar-refractivity contribution in [1.29, 1.82) is 0 Å². The Morgan fingerprint density at radius 3 is 2.12 bits per heavy atom. The zero-order valence-corrected chi connectivity index (χ0v) is 15.9. The van der Waals surface area contributed by atoms with Crippen LogP contribution in [0.25, 0.3) is 0 Å². The summed E-state index contributed by atoms with van der Waals surface area (Å²) in [5, 5.41) is 3.18. The second-order valence-electron chi connectivity index (χ2n) is 7.43. The monoisotopic (exact) mass is 353 g/mol. The average molecular weight is 354 g/mol. The number of rotatable bonds is 6. The van der Waals surface area contributed by atoms with E-state index in [-0.39, 0.29) is 18.0 Å². The number of hydrogen-bond acceptors (Lipinski definition) is 1. The summed E-state index contributed by atoms with van der Waals surface area (Å²) in [6.07, 6.45) is 0. The molecule has 0 spiro atoms. The van der Waals surface area contributed by atoms with Crippen LogP contribution in [0, 0.1) is 0 Å². The quantitative estimate of drug-likeness (QED) is 0.684. The molecule has 3 rings (SSSR count). The number of quaternary nitrogens is 2. The highest BCUT2D eigenvalue weighted by molar-refractivity contribution is 5.80. The fourth-order valence-electron chi connectivity index (χ4n) is 3.77. The molecule has 1 fully saturated rings. The lowest BCUT2D eigenvalue weighted by Crippen LogP contribution is -3.29. The minimum Gasteiger partial charge on any atom is -0.344 e. The molecule has 2 aromatic rings. The lowest BCUT2D eigenvalue weighted by molar-refractivity contribution is -1.02. The van der Waals surface area contributed by atoms with Crippen LogP contribution in [0.1, 0.15) is 31.0 Å². The molecule has 0 radical (unpaired) electrons. The molecule has 3 N–H and O–H groups in total. The third-order valence-corrected chi connectivity index (χ3v) is 5.56. The van der Waals surface area contributed by atoms with Crippen LogP contribution >= 0.6 is 0 Å². The summed E-state index contributed by atoms with van der Waals surface area (Å²) < 4.78 is 0. The van der Waals surface area contributed by atoms with Gasteiger partial charge in [-0.05, 0) is 19.4 Å². The summed E-state index contributed by atoms with van der Waals surface area (Å²) in [5.41, 5.74) is 2.55. The van der Waals surface area contributed by atoms with E-state index in [1.165, 1.54) is 10.5 Å². The molecule has 0 unspecified atom stereocenters. The minimum absolute atomic E-state index is 0.000521. The number of hydrogen-bond donors (Lipinski definition) is 3. The van der Waals surface area contributed by atoms with Gasteiger partial charge in [-0.15, -0.1) is 0 Å². The van der Waals surface area contributed by atoms with E-state index in [0.717, 1.165) is 38.3 Å². The summed E-state index contributed by atoms with van der Waals surface area (Å²) in [5.74, 6) is 0.155. The summed E-state index contributed by atoms with van der Waals surface area (Å²) in [6, 6.07) is 20.9. The first kappa shape index (κ1) is 18.6. The Kier molecular flexibility index (Phi) is 6.42. The van der Waals surface area contributed by atoms with Crippen molar-refractivity contribution >= 4 is 5.91 Å². The third-order valence-electron chi connectivity index (χ3n) is 5.56. The van der Waals surface area contributed by atoms with Crippen molar-refractivity contribution in [3.63, 3.8) is 0 Å². The van der Waals surface area contributed by atoms with Gasteiger partial charge in [0.2, 0.25) is 0 Å². The molecule has 138 valence electrons. The van der Waals surface area contributed by atoms with Crippen LogP contribution in [0.2, 0.25) is 0 Å². The first-order valence-corrected chi connectivity index (χ1v) is 9.71. The van der Waals surface area contributed by atoms with Crippen LogP contribution in [-0.4, -0.2) is 38.1 Å². The van der Waals surface area contributed by atoms with Crippen LogP contribution in [0.4, 0.5) is 0 Å². The van der Waals surface area contributed by atoms with E-state index >= 15 is 0 Å². The zero-order valence-electron chi connectivity index (χ0n) is 15.9. The van der Waals surface area contributed by atoms with Crippen molar-refractivity contribution in [1.82, 2.24) is 5.32 Å². The maximum atomic E-state index is 12.7. The Labute approximate surface area is 156 Å². The van der Waals surface area contributed by atoms with Gasteiger partial charge in [0.1, 0.15) is 32.7 Å². The molecular formula is C22H31N3O+2. The van der Waals surface area contributed by atoms with E-state index in [1.807, 2.05) is 18.2 Å². The molecule has 4 heteroatoms. The number of piperazine rings is 1. The van der Waals surface area contributed by atoms with E-state index < -0.39 is 0 Å². The molecule has 0 bridgehead atoms. The van der Waals surface area contributed by atoms with Crippen molar-refractivity contribution in [2.45, 2.75) is 32.5 Å². The van der Waals surface area contributed by atoms with Crippen LogP contribution in [0.5, 0.6) is 0 Å². The van der Waals surface area contributed by atoms with E-state index in [0.29, 0.717) is 0 Å². The second-order valence-corrected chi connectivity index (χ2v) is 7.43. The minimum atomic E-state index is -0.000521. The second kappa shape index (κ2) is 8.97. The predicted molar refractivity (Wildman–Crippen MR) is 104 cm³/mol. The van der Waals surface area contributed by atoms with Gasteiger partial charge in [0.15, 0.2) is 6.04 Å². The normalized spacial score (nSPS) is 22.4. The number of nitrogens with one attached hydrogen (secondary N) is 3. The van der Waals surface area contributed by atoms with Gasteiger partial charge in [-0.1, -0.05) is 60.7 Å². The largest absolute Gasteiger partial charge is 0.344 e. The van der Waals surface area contributed by atoms with Gasteiger partial charge in [-0.2, -0.15) is 0 Å². The average Bonchev–Trinajstić information content (AvgIpc) is 2.69. The lowest BCUT2D eigenvalue weighted by Gasteiger charge is -2.33. The zero-order chi connectivity index (χ0) is 18.4. The van der Waals surface area contributed by atoms with E-state index in [1.54, 1.807) is 4.90 Å².